The minimum atomic E-state index is -0.0130. The first-order chi connectivity index (χ1) is 14.0. The topological polar surface area (TPSA) is 75.0 Å². The Morgan fingerprint density at radius 3 is 2.79 bits per heavy atom. The highest BCUT2D eigenvalue weighted by atomic mass is 32.2. The Kier molecular flexibility index (Phi) is 5.91. The van der Waals surface area contributed by atoms with E-state index >= 15 is 0 Å². The highest BCUT2D eigenvalue weighted by molar-refractivity contribution is 8.18. The fourth-order valence-electron chi connectivity index (χ4n) is 3.64. The summed E-state index contributed by atoms with van der Waals surface area (Å²) in [5.74, 6) is 0.442. The quantitative estimate of drug-likeness (QED) is 0.684. The lowest BCUT2D eigenvalue weighted by molar-refractivity contribution is -0.124. The number of methoxy groups -OCH3 is 1. The number of ether oxygens (including phenoxy) is 1. The highest BCUT2D eigenvalue weighted by Crippen LogP contribution is 2.39. The van der Waals surface area contributed by atoms with Crippen molar-refractivity contribution in [3.05, 3.63) is 39.7 Å². The van der Waals surface area contributed by atoms with E-state index in [1.165, 1.54) is 36.6 Å². The summed E-state index contributed by atoms with van der Waals surface area (Å²) < 4.78 is 5.18. The SMILES string of the molecule is COc1cc(/C=C2\S/C(=N/c3nc(C)cs3)N(C3CCCCC3)C2=O)ccc1O. The van der Waals surface area contributed by atoms with Crippen LogP contribution in [0.3, 0.4) is 0 Å². The van der Waals surface area contributed by atoms with Crippen LogP contribution in [-0.2, 0) is 4.79 Å². The minimum absolute atomic E-state index is 0.0130. The van der Waals surface area contributed by atoms with Gasteiger partial charge in [-0.05, 0) is 55.3 Å². The summed E-state index contributed by atoms with van der Waals surface area (Å²) in [4.78, 5) is 24.9. The summed E-state index contributed by atoms with van der Waals surface area (Å²) in [6.07, 6.45) is 7.33. The molecule has 1 saturated carbocycles. The molecule has 1 aliphatic carbocycles. The first-order valence-corrected chi connectivity index (χ1v) is 11.4. The van der Waals surface area contributed by atoms with Gasteiger partial charge in [0.05, 0.1) is 17.7 Å². The molecule has 0 atom stereocenters. The Morgan fingerprint density at radius 2 is 2.10 bits per heavy atom. The highest BCUT2D eigenvalue weighted by Gasteiger charge is 2.38. The maximum atomic E-state index is 13.3. The maximum Gasteiger partial charge on any atom is 0.267 e. The van der Waals surface area contributed by atoms with Gasteiger partial charge in [-0.15, -0.1) is 11.3 Å². The van der Waals surface area contributed by atoms with Crippen LogP contribution in [0, 0.1) is 6.92 Å². The van der Waals surface area contributed by atoms with Gasteiger partial charge in [0.2, 0.25) is 5.13 Å². The first-order valence-electron chi connectivity index (χ1n) is 9.66. The van der Waals surface area contributed by atoms with Crippen LogP contribution in [0.15, 0.2) is 33.5 Å². The molecule has 29 heavy (non-hydrogen) atoms. The smallest absolute Gasteiger partial charge is 0.267 e. The summed E-state index contributed by atoms with van der Waals surface area (Å²) in [5, 5.41) is 13.2. The van der Waals surface area contributed by atoms with Crippen LogP contribution in [0.5, 0.6) is 11.5 Å². The summed E-state index contributed by atoms with van der Waals surface area (Å²) >= 11 is 2.87. The average Bonchev–Trinajstić information content (AvgIpc) is 3.27. The second kappa shape index (κ2) is 8.59. The third-order valence-electron chi connectivity index (χ3n) is 5.08. The Labute approximate surface area is 178 Å². The zero-order valence-electron chi connectivity index (χ0n) is 16.4. The molecule has 0 spiro atoms. The summed E-state index contributed by atoms with van der Waals surface area (Å²) in [5.41, 5.74) is 1.73. The van der Waals surface area contributed by atoms with Gasteiger partial charge in [0, 0.05) is 11.4 Å². The number of amides is 1. The molecule has 1 N–H and O–H groups in total. The minimum Gasteiger partial charge on any atom is -0.504 e. The molecule has 1 saturated heterocycles. The number of carbonyl (C=O) groups excluding carboxylic acids is 1. The lowest BCUT2D eigenvalue weighted by Crippen LogP contribution is -2.40. The van der Waals surface area contributed by atoms with Crippen LogP contribution < -0.4 is 4.74 Å². The fourth-order valence-corrected chi connectivity index (χ4v) is 5.40. The molecule has 2 aromatic rings. The van der Waals surface area contributed by atoms with Gasteiger partial charge in [0.25, 0.3) is 5.91 Å². The number of phenols is 1. The molecule has 2 aliphatic rings. The third kappa shape index (κ3) is 4.33. The number of nitrogens with zero attached hydrogens (tertiary/aromatic N) is 3. The van der Waals surface area contributed by atoms with Gasteiger partial charge in [-0.3, -0.25) is 9.69 Å². The van der Waals surface area contributed by atoms with Crippen LogP contribution >= 0.6 is 23.1 Å². The number of benzene rings is 1. The van der Waals surface area contributed by atoms with Crippen LogP contribution in [0.2, 0.25) is 0 Å². The van der Waals surface area contributed by atoms with E-state index < -0.39 is 0 Å². The molecule has 2 fully saturated rings. The molecule has 4 rings (SSSR count). The lowest BCUT2D eigenvalue weighted by atomic mass is 9.94. The van der Waals surface area contributed by atoms with Crippen molar-refractivity contribution in [2.45, 2.75) is 45.1 Å². The van der Waals surface area contributed by atoms with E-state index in [1.807, 2.05) is 23.3 Å². The fraction of sp³-hybridized carbons (Fsp3) is 0.381. The van der Waals surface area contributed by atoms with Crippen molar-refractivity contribution < 1.29 is 14.6 Å². The number of rotatable bonds is 4. The zero-order valence-corrected chi connectivity index (χ0v) is 18.1. The van der Waals surface area contributed by atoms with Crippen LogP contribution in [0.1, 0.15) is 43.4 Å². The van der Waals surface area contributed by atoms with Gasteiger partial charge in [-0.25, -0.2) is 4.98 Å². The Hall–Kier alpha value is -2.32. The summed E-state index contributed by atoms with van der Waals surface area (Å²) in [7, 11) is 1.51. The monoisotopic (exact) mass is 429 g/mol. The molecule has 0 radical (unpaired) electrons. The van der Waals surface area contributed by atoms with Gasteiger partial charge in [-0.1, -0.05) is 25.3 Å². The molecular weight excluding hydrogens is 406 g/mol. The van der Waals surface area contributed by atoms with Crippen molar-refractivity contribution in [1.82, 2.24) is 9.88 Å². The second-order valence-corrected chi connectivity index (χ2v) is 9.02. The maximum absolute atomic E-state index is 13.3. The van der Waals surface area contributed by atoms with Gasteiger partial charge < -0.3 is 9.84 Å². The van der Waals surface area contributed by atoms with E-state index in [9.17, 15) is 9.90 Å². The van der Waals surface area contributed by atoms with Gasteiger partial charge in [-0.2, -0.15) is 4.99 Å². The van der Waals surface area contributed by atoms with E-state index in [-0.39, 0.29) is 17.7 Å². The van der Waals surface area contributed by atoms with Crippen LogP contribution in [-0.4, -0.2) is 39.2 Å². The van der Waals surface area contributed by atoms with E-state index in [0.717, 1.165) is 36.9 Å². The molecule has 1 aromatic heterocycles. The molecule has 152 valence electrons. The van der Waals surface area contributed by atoms with Gasteiger partial charge in [0.1, 0.15) is 0 Å². The molecule has 1 aromatic carbocycles. The predicted octanol–water partition coefficient (Wildman–Crippen LogP) is 5.10. The van der Waals surface area contributed by atoms with Crippen molar-refractivity contribution in [2.24, 2.45) is 4.99 Å². The molecule has 2 heterocycles. The molecule has 8 heteroatoms. The Balaban J connectivity index is 1.69. The van der Waals surface area contributed by atoms with E-state index in [1.54, 1.807) is 18.2 Å². The molecule has 0 unspecified atom stereocenters. The number of carbonyl (C=O) groups is 1. The van der Waals surface area contributed by atoms with Gasteiger partial charge in [0.15, 0.2) is 16.7 Å². The largest absolute Gasteiger partial charge is 0.504 e. The van der Waals surface area contributed by atoms with Crippen LogP contribution in [0.25, 0.3) is 6.08 Å². The number of aromatic hydroxyl groups is 1. The Bertz CT molecular complexity index is 977. The van der Waals surface area contributed by atoms with Crippen molar-refractivity contribution in [1.29, 1.82) is 0 Å². The number of thioether (sulfide) groups is 1. The first kappa shape index (κ1) is 20.0. The van der Waals surface area contributed by atoms with E-state index in [0.29, 0.717) is 21.0 Å². The second-order valence-electron chi connectivity index (χ2n) is 7.17. The number of hydrogen-bond acceptors (Lipinski definition) is 7. The number of hydrogen-bond donors (Lipinski definition) is 1. The summed E-state index contributed by atoms with van der Waals surface area (Å²) in [6.45, 7) is 1.94. The Morgan fingerprint density at radius 1 is 1.31 bits per heavy atom. The number of aryl methyl sites for hydroxylation is 1. The number of amidine groups is 1. The van der Waals surface area contributed by atoms with E-state index in [2.05, 4.69) is 4.98 Å². The number of aromatic nitrogens is 1. The predicted molar refractivity (Wildman–Crippen MR) is 118 cm³/mol. The molecule has 1 amide bonds. The number of thiazole rings is 1. The van der Waals surface area contributed by atoms with Crippen molar-refractivity contribution in [3.63, 3.8) is 0 Å². The zero-order chi connectivity index (χ0) is 20.4. The van der Waals surface area contributed by atoms with Gasteiger partial charge >= 0.3 is 0 Å². The third-order valence-corrected chi connectivity index (χ3v) is 6.91. The van der Waals surface area contributed by atoms with E-state index in [4.69, 9.17) is 9.73 Å². The molecular formula is C21H23N3O3S2. The van der Waals surface area contributed by atoms with Crippen molar-refractivity contribution >= 4 is 45.4 Å². The number of phenolic OH excluding ortho intramolecular Hbond substituents is 1. The molecule has 1 aliphatic heterocycles. The molecule has 0 bridgehead atoms. The summed E-state index contributed by atoms with van der Waals surface area (Å²) in [6, 6.07) is 5.24. The van der Waals surface area contributed by atoms with Crippen molar-refractivity contribution in [2.75, 3.05) is 7.11 Å². The van der Waals surface area contributed by atoms with Crippen molar-refractivity contribution in [3.8, 4) is 11.5 Å². The van der Waals surface area contributed by atoms with Crippen LogP contribution in [0.4, 0.5) is 5.13 Å². The standard InChI is InChI=1S/C21H23N3O3S2/c1-13-12-28-20(22-13)23-21-24(15-6-4-3-5-7-15)19(26)18(29-21)11-14-8-9-16(25)17(10-14)27-2/h8-12,15,25H,3-7H2,1-2H3/b18-11-,23-21+. The molecule has 6 nitrogen and oxygen atoms in total. The normalized spacial score (nSPS) is 20.8. The average molecular weight is 430 g/mol. The number of aliphatic imine (C=N–C) groups is 1. The lowest BCUT2D eigenvalue weighted by Gasteiger charge is -2.30.